The summed E-state index contributed by atoms with van der Waals surface area (Å²) < 4.78 is 0. The Morgan fingerprint density at radius 3 is 2.50 bits per heavy atom. The smallest absolute Gasteiger partial charge is 0.0955 e. The van der Waals surface area contributed by atoms with E-state index in [1.807, 2.05) is 0 Å². The van der Waals surface area contributed by atoms with E-state index in [-0.39, 0.29) is 6.10 Å². The van der Waals surface area contributed by atoms with Gasteiger partial charge >= 0.3 is 0 Å². The molecule has 60 valence electrons. The monoisotopic (exact) mass is 144 g/mol. The molecule has 1 aliphatic carbocycles. The molecule has 0 spiro atoms. The third-order valence-corrected chi connectivity index (χ3v) is 2.52. The highest BCUT2D eigenvalue weighted by atomic mass is 17.1. The topological polar surface area (TPSA) is 29.5 Å². The van der Waals surface area contributed by atoms with Gasteiger partial charge in [-0.1, -0.05) is 20.3 Å². The van der Waals surface area contributed by atoms with Crippen LogP contribution >= 0.6 is 0 Å². The summed E-state index contributed by atoms with van der Waals surface area (Å²) in [4.78, 5) is 4.37. The van der Waals surface area contributed by atoms with Crippen LogP contribution in [-0.4, -0.2) is 11.4 Å². The first-order valence-electron chi connectivity index (χ1n) is 4.04. The van der Waals surface area contributed by atoms with Crippen molar-refractivity contribution in [3.63, 3.8) is 0 Å². The maximum absolute atomic E-state index is 8.48. The average molecular weight is 144 g/mol. The zero-order valence-electron chi connectivity index (χ0n) is 6.71. The van der Waals surface area contributed by atoms with E-state index in [9.17, 15) is 0 Å². The van der Waals surface area contributed by atoms with Crippen molar-refractivity contribution in [2.24, 2.45) is 11.8 Å². The molecular weight excluding hydrogens is 128 g/mol. The van der Waals surface area contributed by atoms with E-state index in [0.29, 0.717) is 11.8 Å². The Bertz CT molecular complexity index is 103. The summed E-state index contributed by atoms with van der Waals surface area (Å²) in [5.41, 5.74) is 0. The molecule has 2 heteroatoms. The van der Waals surface area contributed by atoms with Crippen LogP contribution in [0.5, 0.6) is 0 Å². The Morgan fingerprint density at radius 1 is 1.30 bits per heavy atom. The van der Waals surface area contributed by atoms with Gasteiger partial charge in [-0.2, -0.15) is 0 Å². The first-order chi connectivity index (χ1) is 4.74. The zero-order chi connectivity index (χ0) is 7.56. The highest BCUT2D eigenvalue weighted by Gasteiger charge is 2.25. The van der Waals surface area contributed by atoms with Crippen molar-refractivity contribution >= 4 is 0 Å². The minimum Gasteiger partial charge on any atom is -0.252 e. The van der Waals surface area contributed by atoms with Crippen LogP contribution < -0.4 is 0 Å². The molecule has 3 unspecified atom stereocenters. The zero-order valence-corrected chi connectivity index (χ0v) is 6.71. The minimum absolute atomic E-state index is 0.0868. The van der Waals surface area contributed by atoms with Crippen molar-refractivity contribution < 1.29 is 10.1 Å². The number of hydrogen-bond acceptors (Lipinski definition) is 2. The van der Waals surface area contributed by atoms with Crippen LogP contribution in [0.25, 0.3) is 0 Å². The fraction of sp³-hybridized carbons (Fsp3) is 1.00. The predicted molar refractivity (Wildman–Crippen MR) is 39.7 cm³/mol. The summed E-state index contributed by atoms with van der Waals surface area (Å²) >= 11 is 0. The van der Waals surface area contributed by atoms with Gasteiger partial charge in [-0.05, 0) is 24.7 Å². The van der Waals surface area contributed by atoms with E-state index in [4.69, 9.17) is 5.26 Å². The minimum atomic E-state index is 0.0868. The normalized spacial score (nSPS) is 41.7. The lowest BCUT2D eigenvalue weighted by Gasteiger charge is -2.29. The van der Waals surface area contributed by atoms with Crippen LogP contribution in [0.1, 0.15) is 33.1 Å². The molecule has 1 saturated carbocycles. The Labute approximate surface area is 62.1 Å². The summed E-state index contributed by atoms with van der Waals surface area (Å²) in [6.45, 7) is 4.34. The quantitative estimate of drug-likeness (QED) is 0.452. The lowest BCUT2D eigenvalue weighted by molar-refractivity contribution is -0.296. The molecule has 0 aromatic rings. The molecule has 0 amide bonds. The second-order valence-corrected chi connectivity index (χ2v) is 3.54. The molecule has 0 saturated heterocycles. The molecule has 0 aromatic heterocycles. The van der Waals surface area contributed by atoms with Gasteiger partial charge in [0, 0.05) is 0 Å². The van der Waals surface area contributed by atoms with Crippen molar-refractivity contribution in [2.45, 2.75) is 39.2 Å². The first-order valence-corrected chi connectivity index (χ1v) is 4.04. The largest absolute Gasteiger partial charge is 0.252 e. The molecule has 1 fully saturated rings. The molecule has 0 aliphatic heterocycles. The molecule has 0 bridgehead atoms. The Morgan fingerprint density at radius 2 is 2.00 bits per heavy atom. The molecule has 1 N–H and O–H groups in total. The first kappa shape index (κ1) is 8.02. The fourth-order valence-corrected chi connectivity index (χ4v) is 1.63. The Hall–Kier alpha value is -0.0800. The van der Waals surface area contributed by atoms with E-state index in [1.165, 1.54) is 12.8 Å². The SMILES string of the molecule is CC1CCC(C)C(OO)C1. The van der Waals surface area contributed by atoms with Crippen molar-refractivity contribution in [2.75, 3.05) is 0 Å². The van der Waals surface area contributed by atoms with Crippen LogP contribution in [0.4, 0.5) is 0 Å². The van der Waals surface area contributed by atoms with Crippen molar-refractivity contribution in [3.8, 4) is 0 Å². The van der Waals surface area contributed by atoms with Crippen LogP contribution in [0, 0.1) is 11.8 Å². The van der Waals surface area contributed by atoms with E-state index in [1.54, 1.807) is 0 Å². The third kappa shape index (κ3) is 1.70. The summed E-state index contributed by atoms with van der Waals surface area (Å²) in [5.74, 6) is 1.24. The van der Waals surface area contributed by atoms with Gasteiger partial charge in [0.2, 0.25) is 0 Å². The van der Waals surface area contributed by atoms with Gasteiger partial charge in [-0.25, -0.2) is 4.89 Å². The average Bonchev–Trinajstić information content (AvgIpc) is 1.94. The van der Waals surface area contributed by atoms with E-state index in [2.05, 4.69) is 18.7 Å². The molecule has 3 atom stereocenters. The summed E-state index contributed by atoms with van der Waals surface area (Å²) in [7, 11) is 0. The van der Waals surface area contributed by atoms with Crippen LogP contribution in [0.2, 0.25) is 0 Å². The number of rotatable bonds is 1. The summed E-state index contributed by atoms with van der Waals surface area (Å²) in [6.07, 6.45) is 3.56. The summed E-state index contributed by atoms with van der Waals surface area (Å²) in [6, 6.07) is 0. The Balaban J connectivity index is 2.38. The number of hydrogen-bond donors (Lipinski definition) is 1. The van der Waals surface area contributed by atoms with Gasteiger partial charge in [0.15, 0.2) is 0 Å². The van der Waals surface area contributed by atoms with Crippen molar-refractivity contribution in [1.82, 2.24) is 0 Å². The van der Waals surface area contributed by atoms with E-state index < -0.39 is 0 Å². The molecule has 1 aliphatic rings. The molecule has 2 nitrogen and oxygen atoms in total. The maximum atomic E-state index is 8.48. The lowest BCUT2D eigenvalue weighted by atomic mass is 9.82. The molecule has 10 heavy (non-hydrogen) atoms. The van der Waals surface area contributed by atoms with E-state index in [0.717, 1.165) is 6.42 Å². The fourth-order valence-electron chi connectivity index (χ4n) is 1.63. The highest BCUT2D eigenvalue weighted by molar-refractivity contribution is 4.75. The van der Waals surface area contributed by atoms with Crippen LogP contribution in [-0.2, 0) is 4.89 Å². The van der Waals surface area contributed by atoms with Crippen LogP contribution in [0.3, 0.4) is 0 Å². The highest BCUT2D eigenvalue weighted by Crippen LogP contribution is 2.29. The standard InChI is InChI=1S/C8H16O2/c1-6-3-4-7(2)8(5-6)10-9/h6-9H,3-5H2,1-2H3. The van der Waals surface area contributed by atoms with Gasteiger partial charge in [0.05, 0.1) is 6.10 Å². The van der Waals surface area contributed by atoms with Gasteiger partial charge < -0.3 is 0 Å². The van der Waals surface area contributed by atoms with E-state index >= 15 is 0 Å². The van der Waals surface area contributed by atoms with Crippen molar-refractivity contribution in [3.05, 3.63) is 0 Å². The van der Waals surface area contributed by atoms with Gasteiger partial charge in [-0.15, -0.1) is 0 Å². The van der Waals surface area contributed by atoms with Crippen LogP contribution in [0.15, 0.2) is 0 Å². The Kier molecular flexibility index (Phi) is 2.69. The van der Waals surface area contributed by atoms with Gasteiger partial charge in [0.25, 0.3) is 0 Å². The maximum Gasteiger partial charge on any atom is 0.0955 e. The lowest BCUT2D eigenvalue weighted by Crippen LogP contribution is -2.28. The second kappa shape index (κ2) is 3.35. The molecule has 0 aromatic carbocycles. The van der Waals surface area contributed by atoms with Crippen molar-refractivity contribution in [1.29, 1.82) is 0 Å². The van der Waals surface area contributed by atoms with Gasteiger partial charge in [-0.3, -0.25) is 5.26 Å². The second-order valence-electron chi connectivity index (χ2n) is 3.54. The third-order valence-electron chi connectivity index (χ3n) is 2.52. The predicted octanol–water partition coefficient (Wildman–Crippen LogP) is 2.30. The summed E-state index contributed by atoms with van der Waals surface area (Å²) in [5, 5.41) is 8.48. The van der Waals surface area contributed by atoms with Gasteiger partial charge in [0.1, 0.15) is 0 Å². The molecule has 0 radical (unpaired) electrons. The molecule has 0 heterocycles. The molecule has 1 rings (SSSR count). The molecular formula is C8H16O2.